The van der Waals surface area contributed by atoms with Gasteiger partial charge in [0.2, 0.25) is 0 Å². The van der Waals surface area contributed by atoms with Crippen LogP contribution in [0.3, 0.4) is 0 Å². The smallest absolute Gasteiger partial charge is 0.126 e. The van der Waals surface area contributed by atoms with Crippen molar-refractivity contribution in [3.8, 4) is 0 Å². The lowest BCUT2D eigenvalue weighted by molar-refractivity contribution is -0.120. The molecular formula is C10H16O. The van der Waals surface area contributed by atoms with Gasteiger partial charge in [-0.3, -0.25) is 0 Å². The van der Waals surface area contributed by atoms with Crippen LogP contribution in [0.5, 0.6) is 0 Å². The van der Waals surface area contributed by atoms with Gasteiger partial charge >= 0.3 is 0 Å². The molecule has 1 saturated carbocycles. The largest absolute Gasteiger partial charge is 0.303 e. The molecule has 0 spiro atoms. The van der Waals surface area contributed by atoms with E-state index in [9.17, 15) is 4.79 Å². The van der Waals surface area contributed by atoms with Crippen LogP contribution in [0.1, 0.15) is 39.0 Å². The molecule has 0 N–H and O–H groups in total. The minimum Gasteiger partial charge on any atom is -0.303 e. The van der Waals surface area contributed by atoms with Crippen LogP contribution in [0.4, 0.5) is 0 Å². The molecule has 0 bridgehead atoms. The van der Waals surface area contributed by atoms with Crippen molar-refractivity contribution in [2.24, 2.45) is 5.41 Å². The summed E-state index contributed by atoms with van der Waals surface area (Å²) in [4.78, 5) is 10.7. The fourth-order valence-electron chi connectivity index (χ4n) is 1.59. The van der Waals surface area contributed by atoms with Crippen molar-refractivity contribution in [3.63, 3.8) is 0 Å². The number of hydrogen-bond acceptors (Lipinski definition) is 1. The van der Waals surface area contributed by atoms with Crippen LogP contribution >= 0.6 is 0 Å². The molecule has 1 nitrogen and oxygen atoms in total. The highest BCUT2D eigenvalue weighted by molar-refractivity contribution is 5.61. The number of hydrogen-bond donors (Lipinski definition) is 0. The third kappa shape index (κ3) is 1.70. The Labute approximate surface area is 68.5 Å². The fraction of sp³-hybridized carbons (Fsp3) is 0.700. The average molecular weight is 152 g/mol. The van der Waals surface area contributed by atoms with Gasteiger partial charge in [0.1, 0.15) is 6.29 Å². The zero-order valence-electron chi connectivity index (χ0n) is 7.23. The van der Waals surface area contributed by atoms with Crippen LogP contribution in [-0.2, 0) is 4.79 Å². The molecule has 0 aromatic heterocycles. The highest BCUT2D eigenvalue weighted by Gasteiger charge is 2.36. The summed E-state index contributed by atoms with van der Waals surface area (Å²) in [6, 6.07) is 0. The first-order chi connectivity index (χ1) is 5.22. The van der Waals surface area contributed by atoms with Gasteiger partial charge in [-0.05, 0) is 25.7 Å². The molecule has 1 rings (SSSR count). The molecule has 0 aromatic carbocycles. The Morgan fingerprint density at radius 2 is 2.27 bits per heavy atom. The molecule has 0 aliphatic heterocycles. The summed E-state index contributed by atoms with van der Waals surface area (Å²) in [7, 11) is 0. The number of rotatable bonds is 4. The van der Waals surface area contributed by atoms with Gasteiger partial charge in [-0.25, -0.2) is 0 Å². The van der Waals surface area contributed by atoms with E-state index in [0.29, 0.717) is 0 Å². The predicted octanol–water partition coefficient (Wildman–Crippen LogP) is 2.71. The second kappa shape index (κ2) is 3.21. The van der Waals surface area contributed by atoms with E-state index in [-0.39, 0.29) is 5.41 Å². The Morgan fingerprint density at radius 3 is 2.55 bits per heavy atom. The van der Waals surface area contributed by atoms with Gasteiger partial charge in [-0.2, -0.15) is 0 Å². The lowest BCUT2D eigenvalue weighted by Gasteiger charge is -2.37. The maximum Gasteiger partial charge on any atom is 0.126 e. The van der Waals surface area contributed by atoms with Crippen molar-refractivity contribution in [1.82, 2.24) is 0 Å². The standard InChI is InChI=1S/C10H16O/c1-3-9(2)7-10(8-11)5-4-6-10/h8H,2-7H2,1H3. The summed E-state index contributed by atoms with van der Waals surface area (Å²) in [5.41, 5.74) is 1.23. The molecule has 1 aliphatic rings. The van der Waals surface area contributed by atoms with E-state index in [4.69, 9.17) is 0 Å². The van der Waals surface area contributed by atoms with Gasteiger partial charge in [0.25, 0.3) is 0 Å². The topological polar surface area (TPSA) is 17.1 Å². The van der Waals surface area contributed by atoms with Crippen LogP contribution in [0.2, 0.25) is 0 Å². The third-order valence-corrected chi connectivity index (χ3v) is 2.70. The number of allylic oxidation sites excluding steroid dienone is 1. The zero-order valence-corrected chi connectivity index (χ0v) is 7.23. The van der Waals surface area contributed by atoms with Crippen molar-refractivity contribution in [3.05, 3.63) is 12.2 Å². The first-order valence-electron chi connectivity index (χ1n) is 4.35. The van der Waals surface area contributed by atoms with Crippen LogP contribution < -0.4 is 0 Å². The second-order valence-corrected chi connectivity index (χ2v) is 3.61. The van der Waals surface area contributed by atoms with E-state index in [0.717, 1.165) is 32.0 Å². The van der Waals surface area contributed by atoms with E-state index in [1.165, 1.54) is 12.0 Å². The summed E-state index contributed by atoms with van der Waals surface area (Å²) in [6.45, 7) is 6.03. The lowest BCUT2D eigenvalue weighted by atomic mass is 9.66. The van der Waals surface area contributed by atoms with E-state index >= 15 is 0 Å². The Balaban J connectivity index is 2.44. The molecule has 62 valence electrons. The molecule has 0 aromatic rings. The van der Waals surface area contributed by atoms with Gasteiger partial charge in [0.05, 0.1) is 0 Å². The second-order valence-electron chi connectivity index (χ2n) is 3.61. The van der Waals surface area contributed by atoms with E-state index < -0.39 is 0 Å². The first-order valence-corrected chi connectivity index (χ1v) is 4.35. The van der Waals surface area contributed by atoms with Crippen LogP contribution in [0.15, 0.2) is 12.2 Å². The van der Waals surface area contributed by atoms with E-state index in [2.05, 4.69) is 13.5 Å². The minimum absolute atomic E-state index is 0.00704. The number of carbonyl (C=O) groups excluding carboxylic acids is 1. The molecule has 1 heteroatoms. The molecule has 0 saturated heterocycles. The van der Waals surface area contributed by atoms with Crippen molar-refractivity contribution < 1.29 is 4.79 Å². The maximum atomic E-state index is 10.7. The van der Waals surface area contributed by atoms with Crippen molar-refractivity contribution in [1.29, 1.82) is 0 Å². The Kier molecular flexibility index (Phi) is 2.48. The molecule has 11 heavy (non-hydrogen) atoms. The molecule has 1 aliphatic carbocycles. The molecule has 1 fully saturated rings. The predicted molar refractivity (Wildman–Crippen MR) is 46.4 cm³/mol. The van der Waals surface area contributed by atoms with Crippen LogP contribution in [-0.4, -0.2) is 6.29 Å². The SMILES string of the molecule is C=C(CC)CC1(C=O)CCC1. The quantitative estimate of drug-likeness (QED) is 0.447. The summed E-state index contributed by atoms with van der Waals surface area (Å²) < 4.78 is 0. The van der Waals surface area contributed by atoms with Gasteiger partial charge in [-0.1, -0.05) is 25.5 Å². The maximum absolute atomic E-state index is 10.7. The molecular weight excluding hydrogens is 136 g/mol. The monoisotopic (exact) mass is 152 g/mol. The fourth-order valence-corrected chi connectivity index (χ4v) is 1.59. The Morgan fingerprint density at radius 1 is 1.64 bits per heavy atom. The third-order valence-electron chi connectivity index (χ3n) is 2.70. The molecule has 0 radical (unpaired) electrons. The Hall–Kier alpha value is -0.590. The van der Waals surface area contributed by atoms with Crippen molar-refractivity contribution in [2.45, 2.75) is 39.0 Å². The molecule has 0 amide bonds. The summed E-state index contributed by atoms with van der Waals surface area (Å²) in [5.74, 6) is 0. The van der Waals surface area contributed by atoms with Gasteiger partial charge in [0.15, 0.2) is 0 Å². The highest BCUT2D eigenvalue weighted by atomic mass is 16.1. The zero-order chi connectivity index (χ0) is 8.32. The molecule has 0 atom stereocenters. The van der Waals surface area contributed by atoms with Crippen molar-refractivity contribution >= 4 is 6.29 Å². The summed E-state index contributed by atoms with van der Waals surface area (Å²) in [6.07, 6.45) is 6.45. The van der Waals surface area contributed by atoms with Crippen molar-refractivity contribution in [2.75, 3.05) is 0 Å². The van der Waals surface area contributed by atoms with Crippen LogP contribution in [0, 0.1) is 5.41 Å². The van der Waals surface area contributed by atoms with Gasteiger partial charge in [-0.15, -0.1) is 0 Å². The minimum atomic E-state index is 0.00704. The number of carbonyl (C=O) groups is 1. The number of aldehydes is 1. The summed E-state index contributed by atoms with van der Waals surface area (Å²) in [5, 5.41) is 0. The summed E-state index contributed by atoms with van der Waals surface area (Å²) >= 11 is 0. The lowest BCUT2D eigenvalue weighted by Crippen LogP contribution is -2.31. The molecule has 0 unspecified atom stereocenters. The Bertz CT molecular complexity index is 166. The van der Waals surface area contributed by atoms with Crippen LogP contribution in [0.25, 0.3) is 0 Å². The first kappa shape index (κ1) is 8.51. The average Bonchev–Trinajstić information content (AvgIpc) is 1.96. The van der Waals surface area contributed by atoms with Gasteiger partial charge < -0.3 is 4.79 Å². The highest BCUT2D eigenvalue weighted by Crippen LogP contribution is 2.43. The normalized spacial score (nSPS) is 20.5. The van der Waals surface area contributed by atoms with Gasteiger partial charge in [0, 0.05) is 5.41 Å². The molecule has 0 heterocycles. The van der Waals surface area contributed by atoms with E-state index in [1.54, 1.807) is 0 Å². The van der Waals surface area contributed by atoms with E-state index in [1.807, 2.05) is 0 Å².